The van der Waals surface area contributed by atoms with Crippen LogP contribution in [0.15, 0.2) is 47.8 Å². The molecule has 2 aliphatic heterocycles. The Bertz CT molecular complexity index is 2380. The number of benzene rings is 1. The number of Topliss-reactive ketones (excluding diaryl/α,β-unsaturated/α-hetero) is 2. The number of H-pyrrole nitrogens is 1. The van der Waals surface area contributed by atoms with Gasteiger partial charge in [0.2, 0.25) is 0 Å². The molecule has 360 valence electrons. The second-order valence-electron chi connectivity index (χ2n) is 24.4. The molecule has 5 aliphatic carbocycles. The fraction of sp³-hybridized carbons (Fsp3) is 0.719. The largest absolute Gasteiger partial charge is 0.396 e. The van der Waals surface area contributed by atoms with Crippen molar-refractivity contribution in [1.82, 2.24) is 9.55 Å². The van der Waals surface area contributed by atoms with E-state index in [2.05, 4.69) is 81.6 Å². The summed E-state index contributed by atoms with van der Waals surface area (Å²) in [6, 6.07) is 9.23. The van der Waals surface area contributed by atoms with E-state index < -0.39 is 28.5 Å². The lowest BCUT2D eigenvalue weighted by Gasteiger charge is -2.71. The van der Waals surface area contributed by atoms with Crippen LogP contribution in [0.25, 0.3) is 11.0 Å². The number of carbonyl (C=O) groups is 2. The van der Waals surface area contributed by atoms with E-state index in [4.69, 9.17) is 9.47 Å². The zero-order chi connectivity index (χ0) is 46.7. The maximum atomic E-state index is 15.1. The van der Waals surface area contributed by atoms with Crippen molar-refractivity contribution in [2.75, 3.05) is 19.8 Å². The normalized spacial score (nSPS) is 37.9. The first-order valence-corrected chi connectivity index (χ1v) is 26.2. The van der Waals surface area contributed by atoms with Crippen LogP contribution in [0.3, 0.4) is 0 Å². The molecule has 10 rings (SSSR count). The maximum absolute atomic E-state index is 15.1. The number of nitrogens with one attached hydrogen (secondary N) is 1. The van der Waals surface area contributed by atoms with Crippen LogP contribution in [-0.4, -0.2) is 80.2 Å². The van der Waals surface area contributed by atoms with E-state index in [0.29, 0.717) is 56.3 Å². The molecule has 0 spiro atoms. The van der Waals surface area contributed by atoms with Gasteiger partial charge in [-0.15, -0.1) is 0 Å². The molecular formula is C57H80N2O7. The van der Waals surface area contributed by atoms with Crippen molar-refractivity contribution < 1.29 is 34.4 Å². The number of ketones is 2. The van der Waals surface area contributed by atoms with Crippen LogP contribution in [-0.2, 0) is 32.0 Å². The Balaban J connectivity index is 1.08. The van der Waals surface area contributed by atoms with Gasteiger partial charge in [-0.25, -0.2) is 0 Å². The van der Waals surface area contributed by atoms with Gasteiger partial charge in [0.15, 0.2) is 5.78 Å². The summed E-state index contributed by atoms with van der Waals surface area (Å²) < 4.78 is 14.0. The molecule has 7 aliphatic rings. The van der Waals surface area contributed by atoms with Crippen LogP contribution in [0, 0.1) is 64.1 Å². The highest BCUT2D eigenvalue weighted by atomic mass is 16.6. The SMILES string of the molecule is Cc1cc(Cc2cn(CC3C4=C(C(C)CC(O)C5OC5(C)C)C(=O)CC4(C)C4(C)CCC5C(C)(CC(CCCO)C(=O)C5(C)C5CCCC5)C4C3O)c3cc[nH]c23)cc(C2CCOCC2)c1. The Morgan fingerprint density at radius 1 is 0.985 bits per heavy atom. The number of hydrogen-bond donors (Lipinski definition) is 4. The predicted molar refractivity (Wildman–Crippen MR) is 258 cm³/mol. The molecule has 2 aromatic heterocycles. The van der Waals surface area contributed by atoms with Crippen molar-refractivity contribution in [3.05, 3.63) is 70.1 Å². The van der Waals surface area contributed by atoms with Crippen molar-refractivity contribution in [2.45, 2.75) is 182 Å². The molecule has 4 heterocycles. The second-order valence-corrected chi connectivity index (χ2v) is 24.4. The van der Waals surface area contributed by atoms with Crippen LogP contribution >= 0.6 is 0 Å². The number of fused-ring (bicyclic) bond motifs is 6. The number of ether oxygens (including phenoxy) is 2. The lowest BCUT2D eigenvalue weighted by molar-refractivity contribution is -0.233. The zero-order valence-electron chi connectivity index (χ0n) is 41.4. The van der Waals surface area contributed by atoms with Gasteiger partial charge in [-0.2, -0.15) is 0 Å². The van der Waals surface area contributed by atoms with E-state index >= 15 is 9.59 Å². The summed E-state index contributed by atoms with van der Waals surface area (Å²) in [6.07, 6.45) is 14.5. The number of aromatic amines is 1. The minimum absolute atomic E-state index is 0.0672. The molecule has 6 fully saturated rings. The summed E-state index contributed by atoms with van der Waals surface area (Å²) in [5.74, 6) is 0.611. The van der Waals surface area contributed by atoms with Gasteiger partial charge in [0.25, 0.3) is 0 Å². The number of rotatable bonds is 13. The highest BCUT2D eigenvalue weighted by molar-refractivity contribution is 6.01. The van der Waals surface area contributed by atoms with Crippen LogP contribution in [0.2, 0.25) is 0 Å². The Morgan fingerprint density at radius 3 is 2.41 bits per heavy atom. The molecular weight excluding hydrogens is 825 g/mol. The first-order chi connectivity index (χ1) is 31.4. The van der Waals surface area contributed by atoms with Crippen LogP contribution in [0.4, 0.5) is 0 Å². The van der Waals surface area contributed by atoms with E-state index in [9.17, 15) is 15.3 Å². The van der Waals surface area contributed by atoms with Gasteiger partial charge < -0.3 is 34.3 Å². The molecule has 0 bridgehead atoms. The number of aryl methyl sites for hydroxylation is 1. The van der Waals surface area contributed by atoms with Gasteiger partial charge in [-0.1, -0.05) is 71.2 Å². The van der Waals surface area contributed by atoms with E-state index in [0.717, 1.165) is 93.2 Å². The first kappa shape index (κ1) is 46.6. The van der Waals surface area contributed by atoms with Crippen LogP contribution < -0.4 is 0 Å². The van der Waals surface area contributed by atoms with Crippen LogP contribution in [0.1, 0.15) is 160 Å². The molecule has 1 aromatic carbocycles. The van der Waals surface area contributed by atoms with Crippen molar-refractivity contribution in [1.29, 1.82) is 0 Å². The molecule has 9 nitrogen and oxygen atoms in total. The van der Waals surface area contributed by atoms with Gasteiger partial charge in [-0.05, 0) is 159 Å². The van der Waals surface area contributed by atoms with Gasteiger partial charge in [0.05, 0.1) is 28.8 Å². The van der Waals surface area contributed by atoms with Crippen molar-refractivity contribution >= 4 is 22.6 Å². The summed E-state index contributed by atoms with van der Waals surface area (Å²) in [6.45, 7) is 20.0. The lowest BCUT2D eigenvalue weighted by atomic mass is 9.33. The standard InChI is InChI=1S/C57H80N2O7/c1-33-24-35(27-38(25-33)36-17-22-65-23-18-36)28-39-31-59(42-16-20-58-48(39)42)32-41-47-46(34(2)26-43(61)52-53(3,4)66-52)44(62)30-56(47,7)55(6)19-15-45-54(5,50(55)49(41)63)29-37(12-11-21-60)51(64)57(45,8)40-13-9-10-14-40/h16,20,24-25,27,31,34,36-37,40-41,43,45,49-50,52,58,60-61,63H,9-15,17-19,21-23,26,28-30,32H2,1-8H3. The summed E-state index contributed by atoms with van der Waals surface area (Å²) in [4.78, 5) is 33.7. The third kappa shape index (κ3) is 7.23. The topological polar surface area (TPSA) is 137 Å². The molecule has 66 heavy (non-hydrogen) atoms. The molecule has 4 N–H and O–H groups in total. The molecule has 0 amide bonds. The third-order valence-corrected chi connectivity index (χ3v) is 20.3. The Kier molecular flexibility index (Phi) is 11.9. The molecule has 12 atom stereocenters. The van der Waals surface area contributed by atoms with Crippen LogP contribution in [0.5, 0.6) is 0 Å². The minimum atomic E-state index is -0.771. The number of aromatic nitrogens is 2. The number of epoxide rings is 1. The van der Waals surface area contributed by atoms with Gasteiger partial charge in [0, 0.05) is 74.3 Å². The average Bonchev–Trinajstić information content (AvgIpc) is 3.85. The van der Waals surface area contributed by atoms with E-state index in [-0.39, 0.29) is 59.1 Å². The summed E-state index contributed by atoms with van der Waals surface area (Å²) >= 11 is 0. The number of allylic oxidation sites excluding steroid dienone is 1. The fourth-order valence-electron chi connectivity index (χ4n) is 17.2. The van der Waals surface area contributed by atoms with Crippen molar-refractivity contribution in [3.8, 4) is 0 Å². The molecule has 9 heteroatoms. The minimum Gasteiger partial charge on any atom is -0.396 e. The van der Waals surface area contributed by atoms with E-state index in [1.165, 1.54) is 22.3 Å². The van der Waals surface area contributed by atoms with E-state index in [1.54, 1.807) is 0 Å². The predicted octanol–water partition coefficient (Wildman–Crippen LogP) is 10.2. The molecule has 3 aromatic rings. The number of hydrogen-bond acceptors (Lipinski definition) is 7. The van der Waals surface area contributed by atoms with Gasteiger partial charge in [0.1, 0.15) is 11.9 Å². The molecule has 12 unspecified atom stereocenters. The quantitative estimate of drug-likeness (QED) is 0.125. The molecule has 0 radical (unpaired) electrons. The zero-order valence-corrected chi connectivity index (χ0v) is 41.4. The smallest absolute Gasteiger partial charge is 0.160 e. The second kappa shape index (κ2) is 16.8. The van der Waals surface area contributed by atoms with Gasteiger partial charge in [-0.3, -0.25) is 9.59 Å². The lowest BCUT2D eigenvalue weighted by Crippen LogP contribution is -2.69. The monoisotopic (exact) mass is 905 g/mol. The first-order valence-electron chi connectivity index (χ1n) is 26.2. The number of carbonyl (C=O) groups excluding carboxylic acids is 2. The summed E-state index contributed by atoms with van der Waals surface area (Å²) in [7, 11) is 0. The Hall–Kier alpha value is -3.08. The van der Waals surface area contributed by atoms with Gasteiger partial charge >= 0.3 is 0 Å². The number of nitrogens with zero attached hydrogens (tertiary/aromatic N) is 1. The highest BCUT2D eigenvalue weighted by Crippen LogP contribution is 2.76. The molecule has 4 saturated carbocycles. The average molecular weight is 905 g/mol. The Morgan fingerprint density at radius 2 is 1.71 bits per heavy atom. The number of aliphatic hydroxyl groups excluding tert-OH is 3. The third-order valence-electron chi connectivity index (χ3n) is 20.3. The van der Waals surface area contributed by atoms with Crippen molar-refractivity contribution in [3.63, 3.8) is 0 Å². The summed E-state index contributed by atoms with van der Waals surface area (Å²) in [5, 5.41) is 35.5. The highest BCUT2D eigenvalue weighted by Gasteiger charge is 2.74. The number of aliphatic hydroxyl groups is 3. The fourth-order valence-corrected chi connectivity index (χ4v) is 17.2. The Labute approximate surface area is 393 Å². The summed E-state index contributed by atoms with van der Waals surface area (Å²) in [5.41, 5.74) is 7.12. The maximum Gasteiger partial charge on any atom is 0.160 e. The van der Waals surface area contributed by atoms with Crippen molar-refractivity contribution in [2.24, 2.45) is 57.2 Å². The van der Waals surface area contributed by atoms with E-state index in [1.807, 2.05) is 20.0 Å². The molecule has 2 saturated heterocycles.